The van der Waals surface area contributed by atoms with E-state index >= 15 is 0 Å². The largest absolute Gasteiger partial charge is 0.480 e. The van der Waals surface area contributed by atoms with Crippen LogP contribution in [0.1, 0.15) is 23.7 Å². The standard InChI is InChI=1S/C27H25ClN4O4S/c1-32-14-13-29-25(32)17-30-22-4-2-3-20(15-22)24-16-27(24,26(33)34)31-37(35,36)23-11-7-19(8-12-23)18-5-9-21(28)10-6-18/h2-15,24,30-31H,16-17H2,1H3,(H,33,34). The van der Waals surface area contributed by atoms with Crippen molar-refractivity contribution in [1.29, 1.82) is 0 Å². The van der Waals surface area contributed by atoms with Gasteiger partial charge in [0, 0.05) is 36.1 Å². The lowest BCUT2D eigenvalue weighted by Gasteiger charge is -2.16. The van der Waals surface area contributed by atoms with Crippen LogP contribution in [-0.2, 0) is 28.4 Å². The predicted molar refractivity (Wildman–Crippen MR) is 142 cm³/mol. The van der Waals surface area contributed by atoms with Crippen molar-refractivity contribution in [3.8, 4) is 11.1 Å². The van der Waals surface area contributed by atoms with E-state index in [-0.39, 0.29) is 11.3 Å². The average molecular weight is 537 g/mol. The molecule has 3 aromatic carbocycles. The molecule has 1 saturated carbocycles. The van der Waals surface area contributed by atoms with Crippen LogP contribution in [-0.4, -0.2) is 34.6 Å². The predicted octanol–water partition coefficient (Wildman–Crippen LogP) is 4.64. The quantitative estimate of drug-likeness (QED) is 0.287. The van der Waals surface area contributed by atoms with E-state index in [9.17, 15) is 18.3 Å². The summed E-state index contributed by atoms with van der Waals surface area (Å²) in [6.45, 7) is 0.500. The molecule has 37 heavy (non-hydrogen) atoms. The second-order valence-electron chi connectivity index (χ2n) is 9.10. The molecule has 4 aromatic rings. The number of sulfonamides is 1. The summed E-state index contributed by atoms with van der Waals surface area (Å²) in [4.78, 5) is 16.6. The van der Waals surface area contributed by atoms with Crippen molar-refractivity contribution in [2.75, 3.05) is 5.32 Å². The number of nitrogens with zero attached hydrogens (tertiary/aromatic N) is 2. The molecular formula is C27H25ClN4O4S. The van der Waals surface area contributed by atoms with Crippen LogP contribution in [0.5, 0.6) is 0 Å². The van der Waals surface area contributed by atoms with Gasteiger partial charge in [-0.2, -0.15) is 4.72 Å². The lowest BCUT2D eigenvalue weighted by atomic mass is 10.1. The molecule has 1 aliphatic rings. The van der Waals surface area contributed by atoms with E-state index in [4.69, 9.17) is 11.6 Å². The molecule has 3 N–H and O–H groups in total. The van der Waals surface area contributed by atoms with Crippen molar-refractivity contribution >= 4 is 33.3 Å². The Morgan fingerprint density at radius 1 is 1.11 bits per heavy atom. The van der Waals surface area contributed by atoms with Crippen molar-refractivity contribution < 1.29 is 18.3 Å². The minimum atomic E-state index is -4.08. The Hall–Kier alpha value is -3.66. The molecule has 2 unspecified atom stereocenters. The number of aryl methyl sites for hydroxylation is 1. The van der Waals surface area contributed by atoms with Crippen LogP contribution in [0.25, 0.3) is 11.1 Å². The van der Waals surface area contributed by atoms with Gasteiger partial charge in [-0.15, -0.1) is 0 Å². The van der Waals surface area contributed by atoms with Crippen molar-refractivity contribution in [3.05, 3.63) is 102 Å². The molecule has 1 fully saturated rings. The third-order valence-corrected chi connectivity index (χ3v) is 8.44. The van der Waals surface area contributed by atoms with Crippen LogP contribution < -0.4 is 10.0 Å². The SMILES string of the molecule is Cn1ccnc1CNc1cccc(C2CC2(NS(=O)(=O)c2ccc(-c3ccc(Cl)cc3)cc2)C(=O)O)c1. The van der Waals surface area contributed by atoms with Gasteiger partial charge < -0.3 is 15.0 Å². The van der Waals surface area contributed by atoms with Crippen LogP contribution in [0.4, 0.5) is 5.69 Å². The number of halogens is 1. The summed E-state index contributed by atoms with van der Waals surface area (Å²) >= 11 is 5.94. The number of carbonyl (C=O) groups is 1. The maximum Gasteiger partial charge on any atom is 0.325 e. The van der Waals surface area contributed by atoms with E-state index in [1.165, 1.54) is 12.1 Å². The molecule has 0 bridgehead atoms. The minimum absolute atomic E-state index is 0.00183. The monoisotopic (exact) mass is 536 g/mol. The zero-order chi connectivity index (χ0) is 26.2. The smallest absolute Gasteiger partial charge is 0.325 e. The number of carboxylic acids is 1. The summed E-state index contributed by atoms with van der Waals surface area (Å²) in [7, 11) is -2.17. The number of hydrogen-bond donors (Lipinski definition) is 3. The van der Waals surface area contributed by atoms with Crippen LogP contribution in [0.3, 0.4) is 0 Å². The number of anilines is 1. The van der Waals surface area contributed by atoms with Crippen molar-refractivity contribution in [3.63, 3.8) is 0 Å². The average Bonchev–Trinajstić information content (AvgIpc) is 3.47. The van der Waals surface area contributed by atoms with E-state index in [1.807, 2.05) is 54.2 Å². The van der Waals surface area contributed by atoms with Gasteiger partial charge in [-0.3, -0.25) is 4.79 Å². The molecule has 190 valence electrons. The zero-order valence-electron chi connectivity index (χ0n) is 19.9. The van der Waals surface area contributed by atoms with Gasteiger partial charge in [0.1, 0.15) is 11.4 Å². The molecule has 0 spiro atoms. The number of hydrogen-bond acceptors (Lipinski definition) is 5. The molecule has 8 nitrogen and oxygen atoms in total. The van der Waals surface area contributed by atoms with E-state index in [1.54, 1.807) is 30.5 Å². The summed E-state index contributed by atoms with van der Waals surface area (Å²) < 4.78 is 30.7. The summed E-state index contributed by atoms with van der Waals surface area (Å²) in [6.07, 6.45) is 3.74. The first kappa shape index (κ1) is 25.0. The molecule has 0 amide bonds. The maximum absolute atomic E-state index is 13.2. The van der Waals surface area contributed by atoms with Gasteiger partial charge >= 0.3 is 5.97 Å². The Balaban J connectivity index is 1.32. The molecule has 10 heteroatoms. The highest BCUT2D eigenvalue weighted by Gasteiger charge is 2.63. The normalized spacial score (nSPS) is 18.9. The maximum atomic E-state index is 13.2. The number of aromatic nitrogens is 2. The topological polar surface area (TPSA) is 113 Å². The lowest BCUT2D eigenvalue weighted by Crippen LogP contribution is -2.44. The Bertz CT molecular complexity index is 1550. The molecule has 0 aliphatic heterocycles. The molecule has 5 rings (SSSR count). The number of carboxylic acid groups (broad SMARTS) is 1. The van der Waals surface area contributed by atoms with Crippen LogP contribution in [0.2, 0.25) is 5.02 Å². The van der Waals surface area contributed by atoms with Crippen LogP contribution in [0, 0.1) is 0 Å². The first-order valence-corrected chi connectivity index (χ1v) is 13.5. The fourth-order valence-electron chi connectivity index (χ4n) is 4.44. The fraction of sp³-hybridized carbons (Fsp3) is 0.185. The Morgan fingerprint density at radius 2 is 1.78 bits per heavy atom. The molecule has 1 aromatic heterocycles. The summed E-state index contributed by atoms with van der Waals surface area (Å²) in [6, 6.07) is 20.9. The van der Waals surface area contributed by atoms with Gasteiger partial charge in [-0.1, -0.05) is 48.0 Å². The second-order valence-corrected chi connectivity index (χ2v) is 11.2. The number of imidazole rings is 1. The number of nitrogens with one attached hydrogen (secondary N) is 2. The summed E-state index contributed by atoms with van der Waals surface area (Å²) in [5.41, 5.74) is 1.65. The highest BCUT2D eigenvalue weighted by Crippen LogP contribution is 2.52. The first-order chi connectivity index (χ1) is 17.7. The number of rotatable bonds is 9. The minimum Gasteiger partial charge on any atom is -0.480 e. The van der Waals surface area contributed by atoms with Crippen molar-refractivity contribution in [2.45, 2.75) is 29.3 Å². The van der Waals surface area contributed by atoms with Gasteiger partial charge in [0.25, 0.3) is 0 Å². The third-order valence-electron chi connectivity index (χ3n) is 6.66. The van der Waals surface area contributed by atoms with E-state index in [0.717, 1.165) is 28.2 Å². The van der Waals surface area contributed by atoms with Gasteiger partial charge in [-0.25, -0.2) is 13.4 Å². The molecule has 1 aliphatic carbocycles. The first-order valence-electron chi connectivity index (χ1n) is 11.6. The molecule has 0 saturated heterocycles. The highest BCUT2D eigenvalue weighted by molar-refractivity contribution is 7.89. The highest BCUT2D eigenvalue weighted by atomic mass is 35.5. The lowest BCUT2D eigenvalue weighted by molar-refractivity contribution is -0.140. The molecule has 1 heterocycles. The van der Waals surface area contributed by atoms with Gasteiger partial charge in [0.15, 0.2) is 0 Å². The van der Waals surface area contributed by atoms with E-state index < -0.39 is 27.4 Å². The molecular weight excluding hydrogens is 512 g/mol. The second kappa shape index (κ2) is 9.66. The molecule has 2 atom stereocenters. The number of aliphatic carboxylic acids is 1. The Labute approximate surface area is 220 Å². The Morgan fingerprint density at radius 3 is 2.41 bits per heavy atom. The van der Waals surface area contributed by atoms with E-state index in [2.05, 4.69) is 15.0 Å². The van der Waals surface area contributed by atoms with E-state index in [0.29, 0.717) is 11.6 Å². The fourth-order valence-corrected chi connectivity index (χ4v) is 5.97. The van der Waals surface area contributed by atoms with Gasteiger partial charge in [0.2, 0.25) is 10.0 Å². The molecule has 0 radical (unpaired) electrons. The van der Waals surface area contributed by atoms with Crippen LogP contribution >= 0.6 is 11.6 Å². The third kappa shape index (κ3) is 5.11. The van der Waals surface area contributed by atoms with Gasteiger partial charge in [-0.05, 0) is 59.5 Å². The van der Waals surface area contributed by atoms with Crippen LogP contribution in [0.15, 0.2) is 90.1 Å². The summed E-state index contributed by atoms with van der Waals surface area (Å²) in [5, 5.41) is 13.9. The zero-order valence-corrected chi connectivity index (χ0v) is 21.5. The van der Waals surface area contributed by atoms with Crippen molar-refractivity contribution in [1.82, 2.24) is 14.3 Å². The Kier molecular flexibility index (Phi) is 6.53. The van der Waals surface area contributed by atoms with Crippen molar-refractivity contribution in [2.24, 2.45) is 7.05 Å². The van der Waals surface area contributed by atoms with Gasteiger partial charge in [0.05, 0.1) is 11.4 Å². The summed E-state index contributed by atoms with van der Waals surface area (Å²) in [5.74, 6) is -0.847. The number of benzene rings is 3.